The highest BCUT2D eigenvalue weighted by Crippen LogP contribution is 2.34. The number of amides is 1. The standard InChI is InChI=1S/C12H12N2O2/c15-12(16)14-6-5-9-8-3-1-2-4-10(8)13-11(9)7-14/h1-2,4H,3,5-7H2,(H,15,16). The van der Waals surface area contributed by atoms with Crippen molar-refractivity contribution in [3.63, 3.8) is 0 Å². The maximum absolute atomic E-state index is 10.9. The second-order valence-electron chi connectivity index (χ2n) is 4.15. The Labute approximate surface area is 93.3 Å². The van der Waals surface area contributed by atoms with E-state index in [-0.39, 0.29) is 0 Å². The number of allylic oxidation sites excluding steroid dienone is 4. The number of nitrogens with zero attached hydrogens (tertiary/aromatic N) is 2. The van der Waals surface area contributed by atoms with Gasteiger partial charge in [0.25, 0.3) is 0 Å². The molecule has 3 aliphatic rings. The van der Waals surface area contributed by atoms with Crippen LogP contribution in [0.15, 0.2) is 40.1 Å². The van der Waals surface area contributed by atoms with Crippen LogP contribution in [0.3, 0.4) is 0 Å². The molecular weight excluding hydrogens is 204 g/mol. The lowest BCUT2D eigenvalue weighted by Gasteiger charge is -2.26. The largest absolute Gasteiger partial charge is 0.465 e. The molecule has 16 heavy (non-hydrogen) atoms. The molecule has 82 valence electrons. The molecule has 4 heteroatoms. The van der Waals surface area contributed by atoms with Crippen molar-refractivity contribution in [2.24, 2.45) is 4.99 Å². The van der Waals surface area contributed by atoms with E-state index in [9.17, 15) is 4.79 Å². The van der Waals surface area contributed by atoms with E-state index < -0.39 is 6.09 Å². The van der Waals surface area contributed by atoms with Gasteiger partial charge in [0, 0.05) is 6.54 Å². The molecule has 0 saturated carbocycles. The first kappa shape index (κ1) is 9.39. The third kappa shape index (κ3) is 1.30. The maximum atomic E-state index is 10.9. The molecule has 2 aliphatic heterocycles. The lowest BCUT2D eigenvalue weighted by atomic mass is 9.94. The zero-order chi connectivity index (χ0) is 11.1. The molecular formula is C12H12N2O2. The van der Waals surface area contributed by atoms with Crippen molar-refractivity contribution in [1.82, 2.24) is 4.90 Å². The summed E-state index contributed by atoms with van der Waals surface area (Å²) in [6, 6.07) is 0. The first-order valence-electron chi connectivity index (χ1n) is 5.41. The molecule has 0 atom stereocenters. The molecule has 1 N–H and O–H groups in total. The maximum Gasteiger partial charge on any atom is 0.407 e. The molecule has 1 aliphatic carbocycles. The minimum Gasteiger partial charge on any atom is -0.465 e. The minimum atomic E-state index is -0.853. The van der Waals surface area contributed by atoms with Crippen LogP contribution in [0.4, 0.5) is 4.79 Å². The predicted octanol–water partition coefficient (Wildman–Crippen LogP) is 1.97. The summed E-state index contributed by atoms with van der Waals surface area (Å²) < 4.78 is 0. The van der Waals surface area contributed by atoms with Gasteiger partial charge in [-0.1, -0.05) is 12.2 Å². The van der Waals surface area contributed by atoms with Gasteiger partial charge >= 0.3 is 6.09 Å². The third-order valence-electron chi connectivity index (χ3n) is 3.23. The zero-order valence-electron chi connectivity index (χ0n) is 8.81. The number of carbonyl (C=O) groups is 1. The highest BCUT2D eigenvalue weighted by molar-refractivity contribution is 6.08. The van der Waals surface area contributed by atoms with E-state index >= 15 is 0 Å². The average Bonchev–Trinajstić information content (AvgIpc) is 2.66. The number of carboxylic acid groups (broad SMARTS) is 1. The monoisotopic (exact) mass is 216 g/mol. The van der Waals surface area contributed by atoms with Crippen molar-refractivity contribution in [3.8, 4) is 0 Å². The van der Waals surface area contributed by atoms with Gasteiger partial charge in [-0.25, -0.2) is 4.79 Å². The van der Waals surface area contributed by atoms with Crippen molar-refractivity contribution in [3.05, 3.63) is 35.1 Å². The number of likely N-dealkylation sites (tertiary alicyclic amines) is 1. The number of rotatable bonds is 0. The van der Waals surface area contributed by atoms with E-state index in [2.05, 4.69) is 11.1 Å². The van der Waals surface area contributed by atoms with Crippen LogP contribution in [0.25, 0.3) is 0 Å². The van der Waals surface area contributed by atoms with Crippen LogP contribution in [0, 0.1) is 0 Å². The normalized spacial score (nSPS) is 22.6. The predicted molar refractivity (Wildman–Crippen MR) is 60.5 cm³/mol. The molecule has 0 spiro atoms. The Kier molecular flexibility index (Phi) is 1.96. The molecule has 0 aromatic carbocycles. The summed E-state index contributed by atoms with van der Waals surface area (Å²) in [5.41, 5.74) is 4.54. The average molecular weight is 216 g/mol. The molecule has 0 aromatic heterocycles. The Morgan fingerprint density at radius 3 is 3.12 bits per heavy atom. The molecule has 0 unspecified atom stereocenters. The summed E-state index contributed by atoms with van der Waals surface area (Å²) in [6.45, 7) is 1.02. The fourth-order valence-corrected chi connectivity index (χ4v) is 2.42. The molecule has 4 nitrogen and oxygen atoms in total. The molecule has 1 saturated heterocycles. The molecule has 1 amide bonds. The second-order valence-corrected chi connectivity index (χ2v) is 4.15. The van der Waals surface area contributed by atoms with Crippen molar-refractivity contribution in [1.29, 1.82) is 0 Å². The van der Waals surface area contributed by atoms with E-state index in [1.54, 1.807) is 0 Å². The lowest BCUT2D eigenvalue weighted by Crippen LogP contribution is -2.40. The van der Waals surface area contributed by atoms with Crippen LogP contribution < -0.4 is 0 Å². The Morgan fingerprint density at radius 1 is 1.44 bits per heavy atom. The topological polar surface area (TPSA) is 52.9 Å². The first-order chi connectivity index (χ1) is 7.75. The van der Waals surface area contributed by atoms with Gasteiger partial charge in [0.1, 0.15) is 0 Å². The lowest BCUT2D eigenvalue weighted by molar-refractivity contribution is 0.151. The number of hydrogen-bond acceptors (Lipinski definition) is 2. The highest BCUT2D eigenvalue weighted by atomic mass is 16.4. The van der Waals surface area contributed by atoms with Crippen LogP contribution >= 0.6 is 0 Å². The summed E-state index contributed by atoms with van der Waals surface area (Å²) in [5, 5.41) is 8.94. The van der Waals surface area contributed by atoms with Gasteiger partial charge in [-0.2, -0.15) is 0 Å². The summed E-state index contributed by atoms with van der Waals surface area (Å²) in [5.74, 6) is 0. The summed E-state index contributed by atoms with van der Waals surface area (Å²) >= 11 is 0. The molecule has 3 rings (SSSR count). The van der Waals surface area contributed by atoms with E-state index in [1.807, 2.05) is 12.2 Å². The summed E-state index contributed by atoms with van der Waals surface area (Å²) in [7, 11) is 0. The van der Waals surface area contributed by atoms with E-state index in [1.165, 1.54) is 16.0 Å². The molecule has 0 bridgehead atoms. The van der Waals surface area contributed by atoms with E-state index in [4.69, 9.17) is 5.11 Å². The van der Waals surface area contributed by atoms with Gasteiger partial charge in [0.15, 0.2) is 0 Å². The Morgan fingerprint density at radius 2 is 2.31 bits per heavy atom. The van der Waals surface area contributed by atoms with Gasteiger partial charge in [0.2, 0.25) is 0 Å². The Hall–Kier alpha value is -1.84. The summed E-state index contributed by atoms with van der Waals surface area (Å²) in [4.78, 5) is 16.8. The number of fused-ring (bicyclic) bond motifs is 2. The van der Waals surface area contributed by atoms with E-state index in [0.717, 1.165) is 24.3 Å². The Balaban J connectivity index is 1.94. The number of aliphatic imine (C=N–C) groups is 1. The van der Waals surface area contributed by atoms with Crippen molar-refractivity contribution >= 4 is 11.8 Å². The SMILES string of the molecule is O=C(O)N1CCC2=C3CC=CC=C3N=C2C1. The quantitative estimate of drug-likeness (QED) is 0.673. The number of piperidine rings is 1. The van der Waals surface area contributed by atoms with E-state index in [0.29, 0.717) is 13.1 Å². The van der Waals surface area contributed by atoms with Crippen LogP contribution in [0.5, 0.6) is 0 Å². The highest BCUT2D eigenvalue weighted by Gasteiger charge is 2.30. The van der Waals surface area contributed by atoms with Gasteiger partial charge in [0.05, 0.1) is 18.0 Å². The smallest absolute Gasteiger partial charge is 0.407 e. The Bertz CT molecular complexity index is 483. The van der Waals surface area contributed by atoms with Crippen molar-refractivity contribution in [2.75, 3.05) is 13.1 Å². The van der Waals surface area contributed by atoms with Crippen LogP contribution in [0.2, 0.25) is 0 Å². The first-order valence-corrected chi connectivity index (χ1v) is 5.41. The van der Waals surface area contributed by atoms with Crippen molar-refractivity contribution in [2.45, 2.75) is 12.8 Å². The van der Waals surface area contributed by atoms with Gasteiger partial charge in [-0.15, -0.1) is 0 Å². The fraction of sp³-hybridized carbons (Fsp3) is 0.333. The zero-order valence-corrected chi connectivity index (χ0v) is 8.81. The second kappa shape index (κ2) is 3.33. The minimum absolute atomic E-state index is 0.436. The molecule has 2 heterocycles. The molecule has 1 fully saturated rings. The fourth-order valence-electron chi connectivity index (χ4n) is 2.42. The molecule has 0 aromatic rings. The third-order valence-corrected chi connectivity index (χ3v) is 3.23. The van der Waals surface area contributed by atoms with Gasteiger partial charge in [-0.3, -0.25) is 4.99 Å². The van der Waals surface area contributed by atoms with Crippen LogP contribution in [0.1, 0.15) is 12.8 Å². The van der Waals surface area contributed by atoms with Gasteiger partial charge in [-0.05, 0) is 30.1 Å². The molecule has 0 radical (unpaired) electrons. The number of hydrogen-bond donors (Lipinski definition) is 1. The summed E-state index contributed by atoms with van der Waals surface area (Å²) in [6.07, 6.45) is 7.01. The van der Waals surface area contributed by atoms with Crippen LogP contribution in [-0.4, -0.2) is 34.9 Å². The van der Waals surface area contributed by atoms with Crippen molar-refractivity contribution < 1.29 is 9.90 Å². The van der Waals surface area contributed by atoms with Gasteiger partial charge < -0.3 is 10.0 Å². The van der Waals surface area contributed by atoms with Crippen LogP contribution in [-0.2, 0) is 0 Å².